The Morgan fingerprint density at radius 2 is 1.56 bits per heavy atom. The van der Waals surface area contributed by atoms with Gasteiger partial charge in [-0.15, -0.1) is 0 Å². The second-order valence-electron chi connectivity index (χ2n) is 9.71. The molecule has 160 valence electrons. The smallest absolute Gasteiger partial charge is 0.222 e. The van der Waals surface area contributed by atoms with Crippen LogP contribution >= 0.6 is 0 Å². The zero-order valence-corrected chi connectivity index (χ0v) is 19.4. The number of likely N-dealkylation sites (N-methyl/N-ethyl adjacent to an activating group) is 1. The van der Waals surface area contributed by atoms with Gasteiger partial charge in [-0.05, 0) is 32.6 Å². The van der Waals surface area contributed by atoms with Crippen molar-refractivity contribution in [1.82, 2.24) is 9.80 Å². The SMILES string of the molecule is CCCCC(=O)N(C)C(C)(C)COCC(C)(C)CN(C)C(=O)CCC(C)C. The van der Waals surface area contributed by atoms with Crippen molar-refractivity contribution >= 4 is 11.8 Å². The number of nitrogens with zero attached hydrogens (tertiary/aromatic N) is 2. The fourth-order valence-corrected chi connectivity index (χ4v) is 2.89. The number of hydrogen-bond acceptors (Lipinski definition) is 3. The Labute approximate surface area is 167 Å². The Kier molecular flexibility index (Phi) is 11.2. The quantitative estimate of drug-likeness (QED) is 0.474. The lowest BCUT2D eigenvalue weighted by Crippen LogP contribution is -2.49. The van der Waals surface area contributed by atoms with Gasteiger partial charge in [-0.3, -0.25) is 9.59 Å². The van der Waals surface area contributed by atoms with Crippen molar-refractivity contribution in [2.75, 3.05) is 33.9 Å². The fraction of sp³-hybridized carbons (Fsp3) is 0.909. The molecule has 5 heteroatoms. The van der Waals surface area contributed by atoms with E-state index in [-0.39, 0.29) is 22.8 Å². The summed E-state index contributed by atoms with van der Waals surface area (Å²) in [6, 6.07) is 0. The molecule has 0 unspecified atom stereocenters. The normalized spacial score (nSPS) is 12.4. The van der Waals surface area contributed by atoms with Crippen molar-refractivity contribution in [2.45, 2.75) is 86.1 Å². The third-order valence-corrected chi connectivity index (χ3v) is 5.00. The highest BCUT2D eigenvalue weighted by molar-refractivity contribution is 5.76. The van der Waals surface area contributed by atoms with Gasteiger partial charge in [0.1, 0.15) is 0 Å². The molecule has 0 saturated heterocycles. The van der Waals surface area contributed by atoms with E-state index in [0.717, 1.165) is 19.3 Å². The van der Waals surface area contributed by atoms with Gasteiger partial charge in [0, 0.05) is 38.9 Å². The minimum absolute atomic E-state index is 0.136. The molecule has 0 aromatic rings. The molecule has 0 rings (SSSR count). The number of ether oxygens (including phenoxy) is 1. The summed E-state index contributed by atoms with van der Waals surface area (Å²) >= 11 is 0. The summed E-state index contributed by atoms with van der Waals surface area (Å²) < 4.78 is 5.99. The molecule has 0 fully saturated rings. The van der Waals surface area contributed by atoms with Crippen molar-refractivity contribution < 1.29 is 14.3 Å². The third-order valence-electron chi connectivity index (χ3n) is 5.00. The van der Waals surface area contributed by atoms with Gasteiger partial charge in [0.2, 0.25) is 11.8 Å². The summed E-state index contributed by atoms with van der Waals surface area (Å²) in [4.78, 5) is 28.1. The van der Waals surface area contributed by atoms with E-state index < -0.39 is 0 Å². The van der Waals surface area contributed by atoms with Crippen LogP contribution in [0.15, 0.2) is 0 Å². The molecule has 0 aromatic carbocycles. The monoisotopic (exact) mass is 384 g/mol. The van der Waals surface area contributed by atoms with E-state index in [4.69, 9.17) is 4.74 Å². The van der Waals surface area contributed by atoms with Crippen LogP contribution in [0.5, 0.6) is 0 Å². The number of carbonyl (C=O) groups is 2. The van der Waals surface area contributed by atoms with Crippen LogP contribution in [0.3, 0.4) is 0 Å². The van der Waals surface area contributed by atoms with Crippen LogP contribution in [-0.4, -0.2) is 61.0 Å². The van der Waals surface area contributed by atoms with E-state index in [1.807, 2.05) is 32.8 Å². The molecule has 0 atom stereocenters. The lowest BCUT2D eigenvalue weighted by molar-refractivity contribution is -0.138. The van der Waals surface area contributed by atoms with Gasteiger partial charge in [0.25, 0.3) is 0 Å². The highest BCUT2D eigenvalue weighted by Gasteiger charge is 2.29. The standard InChI is InChI=1S/C22H44N2O3/c1-10-11-12-20(26)24(9)22(6,7)17-27-16-21(4,5)15-23(8)19(25)14-13-18(2)3/h18H,10-17H2,1-9H3. The maximum Gasteiger partial charge on any atom is 0.222 e. The lowest BCUT2D eigenvalue weighted by Gasteiger charge is -2.37. The van der Waals surface area contributed by atoms with Gasteiger partial charge in [-0.2, -0.15) is 0 Å². The van der Waals surface area contributed by atoms with Gasteiger partial charge in [-0.25, -0.2) is 0 Å². The average Bonchev–Trinajstić information content (AvgIpc) is 2.55. The predicted octanol–water partition coefficient (Wildman–Crippen LogP) is 4.35. The third kappa shape index (κ3) is 10.7. The molecule has 0 saturated carbocycles. The van der Waals surface area contributed by atoms with Crippen LogP contribution in [0.1, 0.15) is 80.6 Å². The highest BCUT2D eigenvalue weighted by Crippen LogP contribution is 2.21. The van der Waals surface area contributed by atoms with Crippen LogP contribution in [-0.2, 0) is 14.3 Å². The first-order valence-electron chi connectivity index (χ1n) is 10.4. The molecule has 0 aliphatic carbocycles. The first-order chi connectivity index (χ1) is 12.3. The van der Waals surface area contributed by atoms with Crippen LogP contribution in [0.25, 0.3) is 0 Å². The molecule has 0 aliphatic rings. The van der Waals surface area contributed by atoms with E-state index >= 15 is 0 Å². The number of rotatable bonds is 13. The number of unbranched alkanes of at least 4 members (excludes halogenated alkanes) is 1. The first kappa shape index (κ1) is 25.9. The van der Waals surface area contributed by atoms with Gasteiger partial charge >= 0.3 is 0 Å². The Morgan fingerprint density at radius 3 is 2.07 bits per heavy atom. The van der Waals surface area contributed by atoms with Crippen LogP contribution in [0.4, 0.5) is 0 Å². The van der Waals surface area contributed by atoms with E-state index in [1.54, 1.807) is 4.90 Å². The largest absolute Gasteiger partial charge is 0.378 e. The topological polar surface area (TPSA) is 49.9 Å². The summed E-state index contributed by atoms with van der Waals surface area (Å²) in [6.45, 7) is 16.4. The van der Waals surface area contributed by atoms with Crippen LogP contribution < -0.4 is 0 Å². The average molecular weight is 385 g/mol. The second kappa shape index (κ2) is 11.7. The molecule has 5 nitrogen and oxygen atoms in total. The van der Waals surface area contributed by atoms with Crippen molar-refractivity contribution in [1.29, 1.82) is 0 Å². The fourth-order valence-electron chi connectivity index (χ4n) is 2.89. The van der Waals surface area contributed by atoms with Crippen molar-refractivity contribution in [3.63, 3.8) is 0 Å². The summed E-state index contributed by atoms with van der Waals surface area (Å²) in [6.07, 6.45) is 4.05. The second-order valence-corrected chi connectivity index (χ2v) is 9.71. The predicted molar refractivity (Wildman–Crippen MR) is 113 cm³/mol. The van der Waals surface area contributed by atoms with Crippen molar-refractivity contribution in [2.24, 2.45) is 11.3 Å². The zero-order chi connectivity index (χ0) is 21.3. The van der Waals surface area contributed by atoms with Gasteiger partial charge in [0.05, 0.1) is 18.8 Å². The maximum absolute atomic E-state index is 12.3. The van der Waals surface area contributed by atoms with Gasteiger partial charge in [-0.1, -0.05) is 41.0 Å². The molecular formula is C22H44N2O3. The van der Waals surface area contributed by atoms with Gasteiger partial charge < -0.3 is 14.5 Å². The molecule has 0 spiro atoms. The van der Waals surface area contributed by atoms with Crippen molar-refractivity contribution in [3.8, 4) is 0 Å². The maximum atomic E-state index is 12.3. The number of amides is 2. The molecule has 2 amide bonds. The number of hydrogen-bond donors (Lipinski definition) is 0. The number of carbonyl (C=O) groups excluding carboxylic acids is 2. The summed E-state index contributed by atoms with van der Waals surface area (Å²) in [5.74, 6) is 0.900. The molecule has 0 aromatic heterocycles. The van der Waals surface area contributed by atoms with E-state index in [9.17, 15) is 9.59 Å². The molecule has 0 bridgehead atoms. The molecule has 0 heterocycles. The highest BCUT2D eigenvalue weighted by atomic mass is 16.5. The van der Waals surface area contributed by atoms with Crippen molar-refractivity contribution in [3.05, 3.63) is 0 Å². The molecule has 0 radical (unpaired) electrons. The Balaban J connectivity index is 4.46. The molecular weight excluding hydrogens is 340 g/mol. The van der Waals surface area contributed by atoms with Crippen LogP contribution in [0.2, 0.25) is 0 Å². The summed E-state index contributed by atoms with van der Waals surface area (Å²) in [5, 5.41) is 0. The van der Waals surface area contributed by atoms with Crippen LogP contribution in [0, 0.1) is 11.3 Å². The minimum atomic E-state index is -0.347. The Bertz CT molecular complexity index is 458. The molecule has 0 N–H and O–H groups in total. The van der Waals surface area contributed by atoms with E-state index in [1.165, 1.54) is 0 Å². The molecule has 27 heavy (non-hydrogen) atoms. The molecule has 0 aliphatic heterocycles. The van der Waals surface area contributed by atoms with E-state index in [2.05, 4.69) is 34.6 Å². The Morgan fingerprint density at radius 1 is 0.963 bits per heavy atom. The van der Waals surface area contributed by atoms with Gasteiger partial charge in [0.15, 0.2) is 0 Å². The Hall–Kier alpha value is -1.10. The van der Waals surface area contributed by atoms with E-state index in [0.29, 0.717) is 38.5 Å². The minimum Gasteiger partial charge on any atom is -0.378 e. The zero-order valence-electron chi connectivity index (χ0n) is 19.4. The lowest BCUT2D eigenvalue weighted by atomic mass is 9.93. The first-order valence-corrected chi connectivity index (χ1v) is 10.4. The summed E-state index contributed by atoms with van der Waals surface area (Å²) in [5.41, 5.74) is -0.483. The summed E-state index contributed by atoms with van der Waals surface area (Å²) in [7, 11) is 3.72.